The summed E-state index contributed by atoms with van der Waals surface area (Å²) in [6.45, 7) is 4.31. The van der Waals surface area contributed by atoms with Crippen LogP contribution in [0.1, 0.15) is 32.3 Å². The first-order valence-electron chi connectivity index (χ1n) is 6.29. The zero-order chi connectivity index (χ0) is 12.3. The first-order chi connectivity index (χ1) is 7.96. The second kappa shape index (κ2) is 3.14. The summed E-state index contributed by atoms with van der Waals surface area (Å²) in [5.74, 6) is 0. The molecule has 0 radical (unpaired) electrons. The van der Waals surface area contributed by atoms with E-state index < -0.39 is 0 Å². The summed E-state index contributed by atoms with van der Waals surface area (Å²) >= 11 is 0. The van der Waals surface area contributed by atoms with Crippen LogP contribution >= 0.6 is 0 Å². The van der Waals surface area contributed by atoms with Gasteiger partial charge in [-0.05, 0) is 43.7 Å². The molecular weight excluding hydrogens is 208 g/mol. The molecule has 1 saturated carbocycles. The largest absolute Gasteiger partial charge is 0.350 e. The lowest BCUT2D eigenvalue weighted by Crippen LogP contribution is -2.45. The van der Waals surface area contributed by atoms with Gasteiger partial charge in [-0.15, -0.1) is 0 Å². The Morgan fingerprint density at radius 1 is 1.24 bits per heavy atom. The van der Waals surface area contributed by atoms with E-state index in [1.165, 1.54) is 29.3 Å². The molecule has 0 aliphatic heterocycles. The van der Waals surface area contributed by atoms with Crippen LogP contribution in [0.15, 0.2) is 30.5 Å². The van der Waals surface area contributed by atoms with Crippen LogP contribution in [0.3, 0.4) is 0 Å². The number of benzene rings is 1. The fourth-order valence-corrected chi connectivity index (χ4v) is 3.13. The van der Waals surface area contributed by atoms with Crippen molar-refractivity contribution in [2.45, 2.75) is 37.6 Å². The quantitative estimate of drug-likeness (QED) is 0.841. The molecule has 17 heavy (non-hydrogen) atoms. The van der Waals surface area contributed by atoms with Crippen molar-refractivity contribution in [2.75, 3.05) is 0 Å². The van der Waals surface area contributed by atoms with Crippen LogP contribution in [-0.2, 0) is 12.5 Å². The van der Waals surface area contributed by atoms with Crippen LogP contribution in [0.5, 0.6) is 0 Å². The molecule has 1 fully saturated rings. The Balaban J connectivity index is 2.28. The Labute approximate surface area is 102 Å². The van der Waals surface area contributed by atoms with E-state index >= 15 is 0 Å². The Hall–Kier alpha value is -1.28. The molecule has 3 rings (SSSR count). The molecule has 90 valence electrons. The van der Waals surface area contributed by atoms with Crippen molar-refractivity contribution >= 4 is 10.9 Å². The summed E-state index contributed by atoms with van der Waals surface area (Å²) in [5.41, 5.74) is 9.22. The molecule has 0 saturated heterocycles. The van der Waals surface area contributed by atoms with Gasteiger partial charge >= 0.3 is 0 Å². The summed E-state index contributed by atoms with van der Waals surface area (Å²) < 4.78 is 2.22. The van der Waals surface area contributed by atoms with Gasteiger partial charge in [0.15, 0.2) is 0 Å². The number of aromatic nitrogens is 1. The number of nitrogens with two attached hydrogens (primary N) is 1. The monoisotopic (exact) mass is 228 g/mol. The van der Waals surface area contributed by atoms with E-state index in [2.05, 4.69) is 55.9 Å². The maximum absolute atomic E-state index is 6.41. The van der Waals surface area contributed by atoms with Crippen LogP contribution in [0.4, 0.5) is 0 Å². The third-order valence-electron chi connectivity index (χ3n) is 4.40. The third kappa shape index (κ3) is 1.37. The number of para-hydroxylation sites is 1. The number of nitrogens with zero attached hydrogens (tertiary/aromatic N) is 1. The van der Waals surface area contributed by atoms with E-state index in [0.717, 1.165) is 0 Å². The smallest absolute Gasteiger partial charge is 0.0516 e. The molecule has 2 heteroatoms. The van der Waals surface area contributed by atoms with Crippen LogP contribution in [-0.4, -0.2) is 10.1 Å². The van der Waals surface area contributed by atoms with Gasteiger partial charge < -0.3 is 10.3 Å². The highest BCUT2D eigenvalue weighted by atomic mass is 14.9. The van der Waals surface area contributed by atoms with Gasteiger partial charge in [-0.1, -0.05) is 18.2 Å². The Bertz CT molecular complexity index is 568. The Kier molecular flexibility index (Phi) is 2.00. The van der Waals surface area contributed by atoms with E-state index in [4.69, 9.17) is 5.73 Å². The zero-order valence-electron chi connectivity index (χ0n) is 10.8. The van der Waals surface area contributed by atoms with Crippen molar-refractivity contribution in [3.8, 4) is 0 Å². The minimum absolute atomic E-state index is 0.147. The minimum atomic E-state index is -0.147. The van der Waals surface area contributed by atoms with Gasteiger partial charge in [0.2, 0.25) is 0 Å². The first kappa shape index (κ1) is 10.8. The van der Waals surface area contributed by atoms with Crippen LogP contribution in [0.25, 0.3) is 10.9 Å². The van der Waals surface area contributed by atoms with E-state index in [9.17, 15) is 0 Å². The molecule has 1 aromatic heterocycles. The zero-order valence-corrected chi connectivity index (χ0v) is 10.8. The van der Waals surface area contributed by atoms with Crippen molar-refractivity contribution in [3.63, 3.8) is 0 Å². The van der Waals surface area contributed by atoms with E-state index in [0.29, 0.717) is 0 Å². The van der Waals surface area contributed by atoms with Gasteiger partial charge in [-0.25, -0.2) is 0 Å². The molecule has 2 aromatic rings. The van der Waals surface area contributed by atoms with Gasteiger partial charge in [-0.3, -0.25) is 0 Å². The molecule has 1 aromatic carbocycles. The molecule has 0 atom stereocenters. The van der Waals surface area contributed by atoms with Crippen LogP contribution in [0.2, 0.25) is 0 Å². The highest BCUT2D eigenvalue weighted by Gasteiger charge is 2.54. The van der Waals surface area contributed by atoms with Crippen molar-refractivity contribution in [3.05, 3.63) is 36.0 Å². The summed E-state index contributed by atoms with van der Waals surface area (Å²) in [5, 5.41) is 1.32. The van der Waals surface area contributed by atoms with Crippen molar-refractivity contribution in [1.29, 1.82) is 0 Å². The Morgan fingerprint density at radius 3 is 2.53 bits per heavy atom. The second-order valence-corrected chi connectivity index (χ2v) is 5.97. The molecule has 1 heterocycles. The lowest BCUT2D eigenvalue weighted by molar-refractivity contribution is 0.393. The second-order valence-electron chi connectivity index (χ2n) is 5.97. The predicted molar refractivity (Wildman–Crippen MR) is 72.1 cm³/mol. The van der Waals surface area contributed by atoms with E-state index in [1.807, 2.05) is 0 Å². The average Bonchev–Trinajstić information content (AvgIpc) is 2.99. The maximum Gasteiger partial charge on any atom is 0.0516 e. The number of hydrogen-bond acceptors (Lipinski definition) is 1. The topological polar surface area (TPSA) is 30.9 Å². The van der Waals surface area contributed by atoms with Gasteiger partial charge in [0.1, 0.15) is 0 Å². The van der Waals surface area contributed by atoms with E-state index in [-0.39, 0.29) is 11.0 Å². The summed E-state index contributed by atoms with van der Waals surface area (Å²) in [4.78, 5) is 0. The van der Waals surface area contributed by atoms with Gasteiger partial charge in [0.05, 0.1) is 5.52 Å². The van der Waals surface area contributed by atoms with Crippen LogP contribution < -0.4 is 5.73 Å². The van der Waals surface area contributed by atoms with Gasteiger partial charge in [-0.2, -0.15) is 0 Å². The molecule has 0 amide bonds. The molecule has 1 aliphatic rings. The molecule has 2 nitrogen and oxygen atoms in total. The molecule has 0 bridgehead atoms. The lowest BCUT2D eigenvalue weighted by atomic mass is 9.78. The molecular formula is C15H20N2. The summed E-state index contributed by atoms with van der Waals surface area (Å²) in [7, 11) is 2.12. The fraction of sp³-hybridized carbons (Fsp3) is 0.467. The normalized spacial score (nSPS) is 18.6. The SMILES string of the molecule is Cn1ccc2cccc(C3(C(C)(C)N)CC3)c21. The summed E-state index contributed by atoms with van der Waals surface area (Å²) in [6, 6.07) is 8.77. The van der Waals surface area contributed by atoms with Crippen LogP contribution in [0, 0.1) is 0 Å². The van der Waals surface area contributed by atoms with Crippen molar-refractivity contribution in [1.82, 2.24) is 4.57 Å². The standard InChI is InChI=1S/C15H20N2/c1-14(2,16)15(8-9-15)12-6-4-5-11-7-10-17(3)13(11)12/h4-7,10H,8-9,16H2,1-3H3. The maximum atomic E-state index is 6.41. The molecule has 1 aliphatic carbocycles. The molecule has 0 unspecified atom stereocenters. The van der Waals surface area contributed by atoms with Crippen molar-refractivity contribution in [2.24, 2.45) is 12.8 Å². The third-order valence-corrected chi connectivity index (χ3v) is 4.40. The highest BCUT2D eigenvalue weighted by Crippen LogP contribution is 2.56. The number of fused-ring (bicyclic) bond motifs is 1. The number of hydrogen-bond donors (Lipinski definition) is 1. The predicted octanol–water partition coefficient (Wildman–Crippen LogP) is 2.95. The average molecular weight is 228 g/mol. The highest BCUT2D eigenvalue weighted by molar-refractivity contribution is 5.85. The number of aryl methyl sites for hydroxylation is 1. The lowest BCUT2D eigenvalue weighted by Gasteiger charge is -2.32. The van der Waals surface area contributed by atoms with Crippen molar-refractivity contribution < 1.29 is 0 Å². The minimum Gasteiger partial charge on any atom is -0.350 e. The van der Waals surface area contributed by atoms with Gasteiger partial charge in [0.25, 0.3) is 0 Å². The number of rotatable bonds is 2. The molecule has 2 N–H and O–H groups in total. The fourth-order valence-electron chi connectivity index (χ4n) is 3.13. The first-order valence-corrected chi connectivity index (χ1v) is 6.29. The summed E-state index contributed by atoms with van der Waals surface area (Å²) in [6.07, 6.45) is 4.55. The van der Waals surface area contributed by atoms with E-state index in [1.54, 1.807) is 0 Å². The Morgan fingerprint density at radius 2 is 1.94 bits per heavy atom. The molecule has 0 spiro atoms. The van der Waals surface area contributed by atoms with Gasteiger partial charge in [0, 0.05) is 24.2 Å².